The zero-order valence-corrected chi connectivity index (χ0v) is 9.56. The van der Waals surface area contributed by atoms with Crippen LogP contribution in [0.25, 0.3) is 0 Å². The summed E-state index contributed by atoms with van der Waals surface area (Å²) in [5.74, 6) is -0.365. The zero-order valence-electron chi connectivity index (χ0n) is 9.56. The molecule has 4 heteroatoms. The number of amides is 1. The van der Waals surface area contributed by atoms with E-state index in [4.69, 9.17) is 0 Å². The fourth-order valence-corrected chi connectivity index (χ4v) is 1.13. The molecule has 0 bridgehead atoms. The average molecular weight is 220 g/mol. The number of hydrogen-bond donors (Lipinski definition) is 1. The Labute approximate surface area is 95.1 Å². The van der Waals surface area contributed by atoms with Gasteiger partial charge < -0.3 is 5.32 Å². The number of ketones is 1. The molecule has 0 saturated carbocycles. The highest BCUT2D eigenvalue weighted by Gasteiger charge is 2.12. The molecule has 0 radical (unpaired) electrons. The van der Waals surface area contributed by atoms with Crippen molar-refractivity contribution in [3.63, 3.8) is 0 Å². The molecule has 0 saturated heterocycles. The highest BCUT2D eigenvalue weighted by molar-refractivity contribution is 5.98. The van der Waals surface area contributed by atoms with E-state index < -0.39 is 0 Å². The van der Waals surface area contributed by atoms with Crippen molar-refractivity contribution in [1.29, 1.82) is 0 Å². The van der Waals surface area contributed by atoms with Crippen molar-refractivity contribution in [3.8, 4) is 0 Å². The maximum atomic E-state index is 11.4. The van der Waals surface area contributed by atoms with Gasteiger partial charge in [0, 0.05) is 24.9 Å². The van der Waals surface area contributed by atoms with Crippen LogP contribution in [0.4, 0.5) is 0 Å². The van der Waals surface area contributed by atoms with E-state index in [9.17, 15) is 9.59 Å². The number of nitrogens with one attached hydrogen (secondary N) is 1. The quantitative estimate of drug-likeness (QED) is 0.761. The van der Waals surface area contributed by atoms with Gasteiger partial charge in [0.25, 0.3) is 0 Å². The van der Waals surface area contributed by atoms with Gasteiger partial charge in [0.2, 0.25) is 5.91 Å². The highest BCUT2D eigenvalue weighted by atomic mass is 16.2. The van der Waals surface area contributed by atoms with Gasteiger partial charge in [0.15, 0.2) is 0 Å². The van der Waals surface area contributed by atoms with Crippen molar-refractivity contribution in [2.75, 3.05) is 0 Å². The van der Waals surface area contributed by atoms with E-state index in [1.165, 1.54) is 0 Å². The molecule has 4 nitrogen and oxygen atoms in total. The van der Waals surface area contributed by atoms with Gasteiger partial charge in [-0.05, 0) is 11.6 Å². The summed E-state index contributed by atoms with van der Waals surface area (Å²) >= 11 is 0. The van der Waals surface area contributed by atoms with Crippen molar-refractivity contribution < 1.29 is 9.59 Å². The molecule has 0 aliphatic carbocycles. The molecule has 1 aromatic rings. The summed E-state index contributed by atoms with van der Waals surface area (Å²) in [6.07, 6.45) is 3.32. The number of nitrogens with zero attached hydrogens (tertiary/aromatic N) is 1. The Morgan fingerprint density at radius 1 is 1.44 bits per heavy atom. The SMILES string of the molecule is CC(C)C(=O)CC(=O)NCc1cccnc1. The number of aromatic nitrogens is 1. The van der Waals surface area contributed by atoms with E-state index in [-0.39, 0.29) is 24.0 Å². The van der Waals surface area contributed by atoms with Crippen LogP contribution in [-0.2, 0) is 16.1 Å². The Morgan fingerprint density at radius 2 is 2.19 bits per heavy atom. The standard InChI is InChI=1S/C12H16N2O2/c1-9(2)11(15)6-12(16)14-8-10-4-3-5-13-7-10/h3-5,7,9H,6,8H2,1-2H3,(H,14,16). The normalized spacial score (nSPS) is 10.2. The highest BCUT2D eigenvalue weighted by Crippen LogP contribution is 1.99. The number of carbonyl (C=O) groups is 2. The smallest absolute Gasteiger partial charge is 0.227 e. The Balaban J connectivity index is 2.34. The van der Waals surface area contributed by atoms with Crippen molar-refractivity contribution in [2.45, 2.75) is 26.8 Å². The van der Waals surface area contributed by atoms with Crippen LogP contribution in [0.1, 0.15) is 25.8 Å². The summed E-state index contributed by atoms with van der Waals surface area (Å²) in [6.45, 7) is 3.99. The molecule has 0 unspecified atom stereocenters. The lowest BCUT2D eigenvalue weighted by Gasteiger charge is -2.06. The molecule has 0 atom stereocenters. The van der Waals surface area contributed by atoms with Gasteiger partial charge in [-0.15, -0.1) is 0 Å². The molecular weight excluding hydrogens is 204 g/mol. The molecule has 16 heavy (non-hydrogen) atoms. The summed E-state index contributed by atoms with van der Waals surface area (Å²) in [5.41, 5.74) is 0.924. The average Bonchev–Trinajstić information content (AvgIpc) is 2.27. The summed E-state index contributed by atoms with van der Waals surface area (Å²) in [4.78, 5) is 26.6. The molecule has 0 aliphatic rings. The van der Waals surface area contributed by atoms with Gasteiger partial charge in [0.05, 0.1) is 6.42 Å². The molecule has 1 rings (SSSR count). The summed E-state index contributed by atoms with van der Waals surface area (Å²) in [5, 5.41) is 2.68. The summed E-state index contributed by atoms with van der Waals surface area (Å²) < 4.78 is 0. The third kappa shape index (κ3) is 4.21. The number of hydrogen-bond acceptors (Lipinski definition) is 3. The lowest BCUT2D eigenvalue weighted by Crippen LogP contribution is -2.26. The molecule has 0 spiro atoms. The molecule has 1 amide bonds. The van der Waals surface area contributed by atoms with E-state index in [2.05, 4.69) is 10.3 Å². The fraction of sp³-hybridized carbons (Fsp3) is 0.417. The lowest BCUT2D eigenvalue weighted by molar-refractivity contribution is -0.129. The predicted octanol–water partition coefficient (Wildman–Crippen LogP) is 1.31. The Bertz CT molecular complexity index is 361. The Kier molecular flexibility index (Phi) is 4.64. The number of Topliss-reactive ketones (excluding diaryl/α,β-unsaturated/α-hetero) is 1. The van der Waals surface area contributed by atoms with E-state index in [1.54, 1.807) is 32.3 Å². The number of rotatable bonds is 5. The van der Waals surface area contributed by atoms with Crippen molar-refractivity contribution >= 4 is 11.7 Å². The fourth-order valence-electron chi connectivity index (χ4n) is 1.13. The number of pyridine rings is 1. The topological polar surface area (TPSA) is 59.1 Å². The van der Waals surface area contributed by atoms with Gasteiger partial charge in [0.1, 0.15) is 5.78 Å². The van der Waals surface area contributed by atoms with E-state index in [0.717, 1.165) is 5.56 Å². The summed E-state index contributed by atoms with van der Waals surface area (Å²) in [7, 11) is 0. The van der Waals surface area contributed by atoms with Crippen LogP contribution < -0.4 is 5.32 Å². The van der Waals surface area contributed by atoms with Gasteiger partial charge in [-0.2, -0.15) is 0 Å². The monoisotopic (exact) mass is 220 g/mol. The van der Waals surface area contributed by atoms with Crippen LogP contribution >= 0.6 is 0 Å². The van der Waals surface area contributed by atoms with Gasteiger partial charge >= 0.3 is 0 Å². The first-order valence-electron chi connectivity index (χ1n) is 5.28. The minimum atomic E-state index is -0.234. The van der Waals surface area contributed by atoms with Crippen LogP contribution in [0.3, 0.4) is 0 Å². The minimum Gasteiger partial charge on any atom is -0.352 e. The molecule has 0 aromatic carbocycles. The molecule has 1 aromatic heterocycles. The lowest BCUT2D eigenvalue weighted by atomic mass is 10.1. The molecule has 1 N–H and O–H groups in total. The van der Waals surface area contributed by atoms with Crippen molar-refractivity contribution in [2.24, 2.45) is 5.92 Å². The van der Waals surface area contributed by atoms with E-state index >= 15 is 0 Å². The third-order valence-corrected chi connectivity index (χ3v) is 2.19. The van der Waals surface area contributed by atoms with Gasteiger partial charge in [-0.3, -0.25) is 14.6 Å². The first-order valence-corrected chi connectivity index (χ1v) is 5.28. The maximum Gasteiger partial charge on any atom is 0.227 e. The van der Waals surface area contributed by atoms with Crippen molar-refractivity contribution in [1.82, 2.24) is 10.3 Å². The minimum absolute atomic E-state index is 0.0383. The number of carbonyl (C=O) groups excluding carboxylic acids is 2. The zero-order chi connectivity index (χ0) is 12.0. The largest absolute Gasteiger partial charge is 0.352 e. The first-order chi connectivity index (χ1) is 7.59. The van der Waals surface area contributed by atoms with Crippen LogP contribution in [0, 0.1) is 5.92 Å². The first kappa shape index (κ1) is 12.4. The van der Waals surface area contributed by atoms with Crippen LogP contribution in [0.15, 0.2) is 24.5 Å². The molecule has 0 fully saturated rings. The third-order valence-electron chi connectivity index (χ3n) is 2.19. The molecular formula is C12H16N2O2. The van der Waals surface area contributed by atoms with Crippen molar-refractivity contribution in [3.05, 3.63) is 30.1 Å². The van der Waals surface area contributed by atoms with Crippen LogP contribution in [-0.4, -0.2) is 16.7 Å². The predicted molar refractivity (Wildman–Crippen MR) is 60.5 cm³/mol. The Morgan fingerprint density at radius 3 is 2.75 bits per heavy atom. The Hall–Kier alpha value is -1.71. The molecule has 1 heterocycles. The van der Waals surface area contributed by atoms with E-state index in [1.807, 2.05) is 6.07 Å². The van der Waals surface area contributed by atoms with E-state index in [0.29, 0.717) is 6.54 Å². The van der Waals surface area contributed by atoms with Gasteiger partial charge in [-0.1, -0.05) is 19.9 Å². The second-order valence-corrected chi connectivity index (χ2v) is 3.94. The van der Waals surface area contributed by atoms with Crippen LogP contribution in [0.2, 0.25) is 0 Å². The molecule has 86 valence electrons. The van der Waals surface area contributed by atoms with Crippen LogP contribution in [0.5, 0.6) is 0 Å². The summed E-state index contributed by atoms with van der Waals surface area (Å²) in [6, 6.07) is 3.68. The molecule has 0 aliphatic heterocycles. The second-order valence-electron chi connectivity index (χ2n) is 3.94. The second kappa shape index (κ2) is 6.00. The van der Waals surface area contributed by atoms with Gasteiger partial charge in [-0.25, -0.2) is 0 Å². The maximum absolute atomic E-state index is 11.4.